The number of aromatic nitrogens is 4. The van der Waals surface area contributed by atoms with Gasteiger partial charge in [-0.25, -0.2) is 4.68 Å². The second-order valence-electron chi connectivity index (χ2n) is 4.16. The van der Waals surface area contributed by atoms with Crippen molar-refractivity contribution in [2.24, 2.45) is 5.92 Å². The summed E-state index contributed by atoms with van der Waals surface area (Å²) in [4.78, 5) is 11.7. The highest BCUT2D eigenvalue weighted by Crippen LogP contribution is 2.15. The van der Waals surface area contributed by atoms with Crippen molar-refractivity contribution < 1.29 is 15.0 Å². The number of nitrogens with one attached hydrogen (secondary N) is 2. The largest absolute Gasteiger partial charge is 0.367 e. The summed E-state index contributed by atoms with van der Waals surface area (Å²) in [5.41, 5.74) is 1.14. The van der Waals surface area contributed by atoms with Crippen molar-refractivity contribution in [3.05, 3.63) is 29.0 Å². The number of aliphatic hydroxyl groups excluding tert-OH is 1. The van der Waals surface area contributed by atoms with E-state index in [1.165, 1.54) is 11.6 Å². The molecule has 1 unspecified atom stereocenters. The Hall–Kier alpha value is -2.10. The minimum absolute atomic E-state index is 0.257. The quantitative estimate of drug-likeness (QED) is 0.473. The molecule has 0 bridgehead atoms. The van der Waals surface area contributed by atoms with Gasteiger partial charge in [-0.3, -0.25) is 4.79 Å². The lowest BCUT2D eigenvalue weighted by atomic mass is 10.1. The third-order valence-corrected chi connectivity index (χ3v) is 2.97. The van der Waals surface area contributed by atoms with E-state index in [0.717, 1.165) is 0 Å². The highest BCUT2D eigenvalue weighted by Gasteiger charge is 2.19. The second-order valence-corrected chi connectivity index (χ2v) is 4.52. The SMILES string of the molecule is CC(C(=O)Nc1cccc(-n2[nH]nnc2=S)c1)C(O)O. The third kappa shape index (κ3) is 3.07. The van der Waals surface area contributed by atoms with Gasteiger partial charge in [0.2, 0.25) is 10.7 Å². The number of anilines is 1. The molecule has 0 saturated carbocycles. The van der Waals surface area contributed by atoms with Crippen LogP contribution >= 0.6 is 12.2 Å². The van der Waals surface area contributed by atoms with Crippen molar-refractivity contribution in [3.63, 3.8) is 0 Å². The summed E-state index contributed by atoms with van der Waals surface area (Å²) < 4.78 is 1.72. The van der Waals surface area contributed by atoms with E-state index in [-0.39, 0.29) is 4.77 Å². The normalized spacial score (nSPS) is 12.4. The summed E-state index contributed by atoms with van der Waals surface area (Å²) in [7, 11) is 0. The number of H-pyrrole nitrogens is 1. The van der Waals surface area contributed by atoms with Gasteiger partial charge < -0.3 is 15.5 Å². The Morgan fingerprint density at radius 1 is 1.50 bits per heavy atom. The molecule has 9 heteroatoms. The van der Waals surface area contributed by atoms with Crippen LogP contribution in [0, 0.1) is 10.7 Å². The molecule has 2 rings (SSSR count). The molecular formula is C11H13N5O3S. The summed E-state index contributed by atoms with van der Waals surface area (Å²) >= 11 is 4.98. The fraction of sp³-hybridized carbons (Fsp3) is 0.273. The van der Waals surface area contributed by atoms with E-state index < -0.39 is 18.1 Å². The van der Waals surface area contributed by atoms with E-state index in [0.29, 0.717) is 11.4 Å². The van der Waals surface area contributed by atoms with Crippen molar-refractivity contribution in [2.45, 2.75) is 13.2 Å². The maximum atomic E-state index is 11.7. The Bertz CT molecular complexity index is 666. The number of aromatic amines is 1. The zero-order valence-corrected chi connectivity index (χ0v) is 11.3. The van der Waals surface area contributed by atoms with Gasteiger partial charge in [0.25, 0.3) is 0 Å². The van der Waals surface area contributed by atoms with Gasteiger partial charge in [0.15, 0.2) is 6.29 Å². The molecular weight excluding hydrogens is 282 g/mol. The minimum atomic E-state index is -1.70. The molecule has 1 aromatic carbocycles. The number of rotatable bonds is 4. The van der Waals surface area contributed by atoms with E-state index in [1.807, 2.05) is 0 Å². The molecule has 0 saturated heterocycles. The number of hydrogen-bond donors (Lipinski definition) is 4. The lowest BCUT2D eigenvalue weighted by Gasteiger charge is -2.14. The Balaban J connectivity index is 2.21. The van der Waals surface area contributed by atoms with E-state index >= 15 is 0 Å². The first-order valence-corrected chi connectivity index (χ1v) is 6.17. The van der Waals surface area contributed by atoms with Crippen LogP contribution in [0.5, 0.6) is 0 Å². The molecule has 1 heterocycles. The molecule has 1 amide bonds. The summed E-state index contributed by atoms with van der Waals surface area (Å²) in [5, 5.41) is 30.3. The molecule has 4 N–H and O–H groups in total. The predicted octanol–water partition coefficient (Wildman–Crippen LogP) is 0.210. The number of benzene rings is 1. The number of aliphatic hydroxyl groups is 2. The van der Waals surface area contributed by atoms with Crippen molar-refractivity contribution in [2.75, 3.05) is 5.32 Å². The van der Waals surface area contributed by atoms with Gasteiger partial charge in [0.05, 0.1) is 11.6 Å². The summed E-state index contributed by atoms with van der Waals surface area (Å²) in [6.07, 6.45) is -1.70. The molecule has 8 nitrogen and oxygen atoms in total. The Morgan fingerprint density at radius 2 is 2.25 bits per heavy atom. The fourth-order valence-corrected chi connectivity index (χ4v) is 1.67. The third-order valence-electron chi connectivity index (χ3n) is 2.70. The Kier molecular flexibility index (Phi) is 4.23. The molecule has 1 atom stereocenters. The van der Waals surface area contributed by atoms with Gasteiger partial charge >= 0.3 is 0 Å². The lowest BCUT2D eigenvalue weighted by Crippen LogP contribution is -2.30. The van der Waals surface area contributed by atoms with E-state index in [2.05, 4.69) is 20.8 Å². The zero-order valence-electron chi connectivity index (χ0n) is 10.5. The number of carbonyl (C=O) groups excluding carboxylic acids is 1. The second kappa shape index (κ2) is 5.90. The zero-order chi connectivity index (χ0) is 14.7. The fourth-order valence-electron chi connectivity index (χ4n) is 1.48. The first kappa shape index (κ1) is 14.3. The van der Waals surface area contributed by atoms with E-state index in [9.17, 15) is 4.79 Å². The average molecular weight is 295 g/mol. The highest BCUT2D eigenvalue weighted by molar-refractivity contribution is 7.71. The maximum absolute atomic E-state index is 11.7. The van der Waals surface area contributed by atoms with E-state index in [4.69, 9.17) is 22.4 Å². The van der Waals surface area contributed by atoms with Crippen LogP contribution in [0.3, 0.4) is 0 Å². The van der Waals surface area contributed by atoms with Crippen LogP contribution in [0.1, 0.15) is 6.92 Å². The van der Waals surface area contributed by atoms with Crippen molar-refractivity contribution in [1.82, 2.24) is 20.2 Å². The molecule has 1 aromatic heterocycles. The monoisotopic (exact) mass is 295 g/mol. The maximum Gasteiger partial charge on any atom is 0.242 e. The molecule has 0 aliphatic carbocycles. The summed E-state index contributed by atoms with van der Waals surface area (Å²) in [6.45, 7) is 1.42. The van der Waals surface area contributed by atoms with Crippen LogP contribution in [0.4, 0.5) is 5.69 Å². The summed E-state index contributed by atoms with van der Waals surface area (Å²) in [6, 6.07) is 6.80. The van der Waals surface area contributed by atoms with Crippen LogP contribution in [-0.2, 0) is 4.79 Å². The van der Waals surface area contributed by atoms with Crippen LogP contribution in [0.2, 0.25) is 0 Å². The smallest absolute Gasteiger partial charge is 0.242 e. The van der Waals surface area contributed by atoms with Gasteiger partial charge in [-0.05, 0) is 37.3 Å². The number of tetrazole rings is 1. The average Bonchev–Trinajstić information content (AvgIpc) is 2.84. The standard InChI is InChI=1S/C11H13N5O3S/c1-6(10(18)19)9(17)12-7-3-2-4-8(5-7)16-11(20)13-14-15-16/h2-6,10,18-19H,1H3,(H,12,17)(H,13,15,20). The van der Waals surface area contributed by atoms with Crippen LogP contribution in [0.25, 0.3) is 5.69 Å². The van der Waals surface area contributed by atoms with Crippen molar-refractivity contribution in [1.29, 1.82) is 0 Å². The molecule has 106 valence electrons. The van der Waals surface area contributed by atoms with Gasteiger partial charge in [-0.15, -0.1) is 0 Å². The molecule has 0 aliphatic heterocycles. The number of carbonyl (C=O) groups is 1. The highest BCUT2D eigenvalue weighted by atomic mass is 32.1. The van der Waals surface area contributed by atoms with Gasteiger partial charge in [-0.1, -0.05) is 16.4 Å². The predicted molar refractivity (Wildman–Crippen MR) is 72.6 cm³/mol. The molecule has 0 radical (unpaired) electrons. The first-order chi connectivity index (χ1) is 9.49. The molecule has 20 heavy (non-hydrogen) atoms. The first-order valence-electron chi connectivity index (χ1n) is 5.76. The number of nitrogens with zero attached hydrogens (tertiary/aromatic N) is 3. The van der Waals surface area contributed by atoms with Crippen molar-refractivity contribution in [3.8, 4) is 5.69 Å². The van der Waals surface area contributed by atoms with Crippen LogP contribution in [0.15, 0.2) is 24.3 Å². The van der Waals surface area contributed by atoms with Crippen molar-refractivity contribution >= 4 is 23.8 Å². The summed E-state index contributed by atoms with van der Waals surface area (Å²) in [5.74, 6) is -1.43. The minimum Gasteiger partial charge on any atom is -0.367 e. The van der Waals surface area contributed by atoms with Gasteiger partial charge in [0, 0.05) is 5.69 Å². The van der Waals surface area contributed by atoms with Gasteiger partial charge in [0.1, 0.15) is 0 Å². The van der Waals surface area contributed by atoms with E-state index in [1.54, 1.807) is 24.3 Å². The molecule has 0 fully saturated rings. The van der Waals surface area contributed by atoms with Gasteiger partial charge in [-0.2, -0.15) is 5.21 Å². The van der Waals surface area contributed by atoms with Crippen LogP contribution < -0.4 is 5.32 Å². The molecule has 2 aromatic rings. The van der Waals surface area contributed by atoms with Crippen LogP contribution in [-0.4, -0.2) is 42.6 Å². The topological polar surface area (TPSA) is 116 Å². The lowest BCUT2D eigenvalue weighted by molar-refractivity contribution is -0.134. The molecule has 0 aliphatic rings. The Morgan fingerprint density at radius 3 is 2.85 bits per heavy atom. The number of hydrogen-bond acceptors (Lipinski definition) is 6. The molecule has 0 spiro atoms. The number of amides is 1. The Labute approximate surface area is 119 Å².